The molecule has 0 saturated carbocycles. The number of anilines is 1. The van der Waals surface area contributed by atoms with Gasteiger partial charge in [0.2, 0.25) is 0 Å². The maximum atomic E-state index is 12.5. The van der Waals surface area contributed by atoms with E-state index in [4.69, 9.17) is 21.1 Å². The highest BCUT2D eigenvalue weighted by atomic mass is 35.5. The Bertz CT molecular complexity index is 985. The number of piperazine rings is 1. The number of halogens is 1. The Hall–Kier alpha value is -2.51. The standard InChI is InChI=1S/C21H22ClN3O3S/c1-2-27-15-6-8-16(9-7-15)28-14-19(26)24-10-12-25(13-11-24)21-23-20-17(22)4-3-5-18(20)29-21/h3-9H,2,10-14H2,1H3. The zero-order valence-corrected chi connectivity index (χ0v) is 17.7. The summed E-state index contributed by atoms with van der Waals surface area (Å²) in [5.41, 5.74) is 0.844. The van der Waals surface area contributed by atoms with Crippen LogP contribution in [-0.4, -0.2) is 55.2 Å². The molecule has 8 heteroatoms. The lowest BCUT2D eigenvalue weighted by Crippen LogP contribution is -2.50. The van der Waals surface area contributed by atoms with Gasteiger partial charge in [0.1, 0.15) is 17.0 Å². The van der Waals surface area contributed by atoms with Crippen LogP contribution in [0.25, 0.3) is 10.2 Å². The van der Waals surface area contributed by atoms with Gasteiger partial charge in [-0.2, -0.15) is 0 Å². The Morgan fingerprint density at radius 1 is 1.07 bits per heavy atom. The largest absolute Gasteiger partial charge is 0.494 e. The van der Waals surface area contributed by atoms with E-state index in [1.807, 2.05) is 54.3 Å². The molecule has 0 atom stereocenters. The third-order valence-electron chi connectivity index (χ3n) is 4.76. The van der Waals surface area contributed by atoms with E-state index in [-0.39, 0.29) is 12.5 Å². The lowest BCUT2D eigenvalue weighted by molar-refractivity contribution is -0.133. The minimum Gasteiger partial charge on any atom is -0.494 e. The number of para-hydroxylation sites is 1. The average molecular weight is 432 g/mol. The average Bonchev–Trinajstić information content (AvgIpc) is 3.19. The number of hydrogen-bond acceptors (Lipinski definition) is 6. The van der Waals surface area contributed by atoms with E-state index < -0.39 is 0 Å². The zero-order chi connectivity index (χ0) is 20.2. The number of carbonyl (C=O) groups excluding carboxylic acids is 1. The normalized spacial score (nSPS) is 14.3. The first-order valence-corrected chi connectivity index (χ1v) is 10.8. The van der Waals surface area contributed by atoms with Crippen molar-refractivity contribution in [3.8, 4) is 11.5 Å². The maximum Gasteiger partial charge on any atom is 0.260 e. The summed E-state index contributed by atoms with van der Waals surface area (Å²) in [4.78, 5) is 21.2. The van der Waals surface area contributed by atoms with Gasteiger partial charge in [0.25, 0.3) is 5.91 Å². The van der Waals surface area contributed by atoms with Gasteiger partial charge in [-0.3, -0.25) is 4.79 Å². The third-order valence-corrected chi connectivity index (χ3v) is 6.14. The minimum atomic E-state index is -0.00845. The van der Waals surface area contributed by atoms with Gasteiger partial charge in [-0.05, 0) is 43.3 Å². The molecule has 0 aliphatic carbocycles. The Kier molecular flexibility index (Phi) is 6.06. The molecule has 3 aromatic rings. The van der Waals surface area contributed by atoms with Gasteiger partial charge < -0.3 is 19.3 Å². The van der Waals surface area contributed by atoms with Crippen molar-refractivity contribution in [3.63, 3.8) is 0 Å². The number of amides is 1. The van der Waals surface area contributed by atoms with Crippen molar-refractivity contribution < 1.29 is 14.3 Å². The molecular formula is C21H22ClN3O3S. The monoisotopic (exact) mass is 431 g/mol. The molecule has 2 aromatic carbocycles. The van der Waals surface area contributed by atoms with Crippen LogP contribution in [0.15, 0.2) is 42.5 Å². The number of carbonyl (C=O) groups is 1. The topological polar surface area (TPSA) is 54.9 Å². The lowest BCUT2D eigenvalue weighted by atomic mass is 10.3. The fourth-order valence-electron chi connectivity index (χ4n) is 3.22. The Labute approximate surface area is 178 Å². The first-order valence-electron chi connectivity index (χ1n) is 9.57. The second kappa shape index (κ2) is 8.88. The van der Waals surface area contributed by atoms with Crippen molar-refractivity contribution in [2.45, 2.75) is 6.92 Å². The zero-order valence-electron chi connectivity index (χ0n) is 16.1. The molecule has 0 radical (unpaired) electrons. The molecule has 1 aromatic heterocycles. The van der Waals surface area contributed by atoms with Crippen molar-refractivity contribution in [2.75, 3.05) is 44.3 Å². The van der Waals surface area contributed by atoms with Gasteiger partial charge in [0, 0.05) is 26.2 Å². The van der Waals surface area contributed by atoms with Crippen LogP contribution in [0.2, 0.25) is 5.02 Å². The summed E-state index contributed by atoms with van der Waals surface area (Å²) in [7, 11) is 0. The molecule has 0 spiro atoms. The predicted octanol–water partition coefficient (Wildman–Crippen LogP) is 4.08. The summed E-state index contributed by atoms with van der Waals surface area (Å²) in [6, 6.07) is 13.1. The Morgan fingerprint density at radius 2 is 1.76 bits per heavy atom. The SMILES string of the molecule is CCOc1ccc(OCC(=O)N2CCN(c3nc4c(Cl)cccc4s3)CC2)cc1. The van der Waals surface area contributed by atoms with E-state index >= 15 is 0 Å². The van der Waals surface area contributed by atoms with Crippen LogP contribution in [0.1, 0.15) is 6.92 Å². The Morgan fingerprint density at radius 3 is 2.41 bits per heavy atom. The summed E-state index contributed by atoms with van der Waals surface area (Å²) in [6.07, 6.45) is 0. The van der Waals surface area contributed by atoms with Crippen molar-refractivity contribution >= 4 is 44.2 Å². The maximum absolute atomic E-state index is 12.5. The molecular weight excluding hydrogens is 410 g/mol. The molecule has 0 unspecified atom stereocenters. The summed E-state index contributed by atoms with van der Waals surface area (Å²) >= 11 is 7.87. The molecule has 1 aliphatic rings. The smallest absolute Gasteiger partial charge is 0.260 e. The van der Waals surface area contributed by atoms with Crippen LogP contribution in [0.4, 0.5) is 5.13 Å². The summed E-state index contributed by atoms with van der Waals surface area (Å²) < 4.78 is 12.1. The van der Waals surface area contributed by atoms with E-state index in [1.165, 1.54) is 0 Å². The van der Waals surface area contributed by atoms with Crippen LogP contribution in [0, 0.1) is 0 Å². The summed E-state index contributed by atoms with van der Waals surface area (Å²) in [5, 5.41) is 1.62. The first-order chi connectivity index (χ1) is 14.1. The van der Waals surface area contributed by atoms with Gasteiger partial charge in [-0.25, -0.2) is 4.98 Å². The van der Waals surface area contributed by atoms with Crippen LogP contribution in [-0.2, 0) is 4.79 Å². The van der Waals surface area contributed by atoms with E-state index in [9.17, 15) is 4.79 Å². The number of nitrogens with zero attached hydrogens (tertiary/aromatic N) is 3. The quantitative estimate of drug-likeness (QED) is 0.588. The molecule has 1 fully saturated rings. The molecule has 4 rings (SSSR count). The van der Waals surface area contributed by atoms with Gasteiger partial charge >= 0.3 is 0 Å². The first kappa shape index (κ1) is 19.8. The van der Waals surface area contributed by atoms with E-state index in [2.05, 4.69) is 9.88 Å². The molecule has 1 aliphatic heterocycles. The molecule has 2 heterocycles. The molecule has 6 nitrogen and oxygen atoms in total. The van der Waals surface area contributed by atoms with Crippen LogP contribution >= 0.6 is 22.9 Å². The van der Waals surface area contributed by atoms with Gasteiger partial charge in [0.05, 0.1) is 16.3 Å². The lowest BCUT2D eigenvalue weighted by Gasteiger charge is -2.34. The number of hydrogen-bond donors (Lipinski definition) is 0. The number of aromatic nitrogens is 1. The highest BCUT2D eigenvalue weighted by Crippen LogP contribution is 2.33. The molecule has 0 N–H and O–H groups in total. The number of rotatable bonds is 6. The van der Waals surface area contributed by atoms with Crippen LogP contribution in [0.5, 0.6) is 11.5 Å². The summed E-state index contributed by atoms with van der Waals surface area (Å²) in [5.74, 6) is 1.44. The van der Waals surface area contributed by atoms with Crippen molar-refractivity contribution in [1.29, 1.82) is 0 Å². The predicted molar refractivity (Wildman–Crippen MR) is 117 cm³/mol. The Balaban J connectivity index is 1.29. The van der Waals surface area contributed by atoms with Gasteiger partial charge in [-0.1, -0.05) is 29.0 Å². The van der Waals surface area contributed by atoms with Gasteiger partial charge in [-0.15, -0.1) is 0 Å². The molecule has 29 heavy (non-hydrogen) atoms. The van der Waals surface area contributed by atoms with E-state index in [0.717, 1.165) is 34.2 Å². The van der Waals surface area contributed by atoms with Crippen molar-refractivity contribution in [3.05, 3.63) is 47.5 Å². The molecule has 0 bridgehead atoms. The van der Waals surface area contributed by atoms with Crippen molar-refractivity contribution in [2.24, 2.45) is 0 Å². The number of fused-ring (bicyclic) bond motifs is 1. The number of benzene rings is 2. The fraction of sp³-hybridized carbons (Fsp3) is 0.333. The second-order valence-electron chi connectivity index (χ2n) is 6.64. The van der Waals surface area contributed by atoms with E-state index in [1.54, 1.807) is 11.3 Å². The molecule has 1 amide bonds. The minimum absolute atomic E-state index is 0.00845. The van der Waals surface area contributed by atoms with Crippen molar-refractivity contribution in [1.82, 2.24) is 9.88 Å². The second-order valence-corrected chi connectivity index (χ2v) is 8.06. The molecule has 1 saturated heterocycles. The van der Waals surface area contributed by atoms with Gasteiger partial charge in [0.15, 0.2) is 11.7 Å². The number of thiazole rings is 1. The van der Waals surface area contributed by atoms with Crippen LogP contribution in [0.3, 0.4) is 0 Å². The fourth-order valence-corrected chi connectivity index (χ4v) is 4.54. The van der Waals surface area contributed by atoms with Crippen LogP contribution < -0.4 is 14.4 Å². The summed E-state index contributed by atoms with van der Waals surface area (Å²) in [6.45, 7) is 5.37. The number of ether oxygens (including phenoxy) is 2. The highest BCUT2D eigenvalue weighted by molar-refractivity contribution is 7.22. The highest BCUT2D eigenvalue weighted by Gasteiger charge is 2.23. The van der Waals surface area contributed by atoms with E-state index in [0.29, 0.717) is 30.5 Å². The molecule has 152 valence electrons. The third kappa shape index (κ3) is 4.57.